The van der Waals surface area contributed by atoms with Gasteiger partial charge >= 0.3 is 5.97 Å². The quantitative estimate of drug-likeness (QED) is 0.776. The van der Waals surface area contributed by atoms with Crippen molar-refractivity contribution in [1.29, 1.82) is 0 Å². The second-order valence-corrected chi connectivity index (χ2v) is 6.46. The van der Waals surface area contributed by atoms with E-state index in [1.54, 1.807) is 7.11 Å². The fourth-order valence-electron chi connectivity index (χ4n) is 6.19. The van der Waals surface area contributed by atoms with Gasteiger partial charge in [-0.3, -0.25) is 4.79 Å². The highest BCUT2D eigenvalue weighted by Crippen LogP contribution is 3.04. The first-order chi connectivity index (χ1) is 9.24. The first-order valence-corrected chi connectivity index (χ1v) is 6.97. The Labute approximate surface area is 111 Å². The maximum Gasteiger partial charge on any atom is 0.313 e. The molecule has 19 heavy (non-hydrogen) atoms. The van der Waals surface area contributed by atoms with Crippen molar-refractivity contribution in [1.82, 2.24) is 0 Å². The second-order valence-electron chi connectivity index (χ2n) is 6.46. The average molecular weight is 256 g/mol. The van der Waals surface area contributed by atoms with Gasteiger partial charge in [-0.1, -0.05) is 12.1 Å². The van der Waals surface area contributed by atoms with E-state index in [0.717, 1.165) is 17.6 Å². The van der Waals surface area contributed by atoms with Crippen LogP contribution in [0, 0.1) is 29.1 Å². The molecule has 98 valence electrons. The molecule has 5 fully saturated rings. The van der Waals surface area contributed by atoms with Crippen molar-refractivity contribution in [2.45, 2.75) is 11.8 Å². The van der Waals surface area contributed by atoms with Crippen LogP contribution in [-0.2, 0) is 14.9 Å². The van der Waals surface area contributed by atoms with Crippen LogP contribution in [0.4, 0.5) is 0 Å². The Bertz CT molecular complexity index is 595. The molecule has 0 saturated heterocycles. The highest BCUT2D eigenvalue weighted by molar-refractivity contribution is 5.92. The Morgan fingerprint density at radius 1 is 1.16 bits per heavy atom. The lowest BCUT2D eigenvalue weighted by molar-refractivity contribution is -0.152. The largest absolute Gasteiger partial charge is 0.497 e. The first kappa shape index (κ1) is 10.3. The number of carbonyl (C=O) groups is 1. The third-order valence-electron chi connectivity index (χ3n) is 6.54. The lowest BCUT2D eigenvalue weighted by Gasteiger charge is -2.34. The molecule has 0 radical (unpaired) electrons. The molecule has 5 aliphatic carbocycles. The Morgan fingerprint density at radius 3 is 2.42 bits per heavy atom. The van der Waals surface area contributed by atoms with Crippen molar-refractivity contribution >= 4 is 5.97 Å². The zero-order chi connectivity index (χ0) is 13.0. The molecule has 5 saturated carbocycles. The zero-order valence-corrected chi connectivity index (χ0v) is 11.1. The summed E-state index contributed by atoms with van der Waals surface area (Å²) in [6.45, 7) is 0. The standard InChI is InChI=1S/C16H16O3/c1-18-9-5-3-8(4-6-9)15-10-7-11-13(12(10)15)16(11,15)14(17)19-2/h3-6,10-13H,7H2,1-2H3. The van der Waals surface area contributed by atoms with E-state index in [4.69, 9.17) is 9.47 Å². The molecule has 3 nitrogen and oxygen atoms in total. The van der Waals surface area contributed by atoms with Crippen LogP contribution in [0.1, 0.15) is 12.0 Å². The van der Waals surface area contributed by atoms with E-state index in [1.807, 2.05) is 12.1 Å². The lowest BCUT2D eigenvalue weighted by Crippen LogP contribution is -2.42. The SMILES string of the molecule is COC(=O)C12C3CC4C(C31)C42c1ccc(OC)cc1. The van der Waals surface area contributed by atoms with Crippen molar-refractivity contribution in [2.75, 3.05) is 14.2 Å². The number of esters is 1. The first-order valence-electron chi connectivity index (χ1n) is 6.97. The summed E-state index contributed by atoms with van der Waals surface area (Å²) in [4.78, 5) is 12.3. The Hall–Kier alpha value is -1.51. The van der Waals surface area contributed by atoms with E-state index in [-0.39, 0.29) is 16.8 Å². The smallest absolute Gasteiger partial charge is 0.313 e. The van der Waals surface area contributed by atoms with Gasteiger partial charge in [0.15, 0.2) is 0 Å². The molecule has 0 heterocycles. The van der Waals surface area contributed by atoms with Gasteiger partial charge in [-0.25, -0.2) is 0 Å². The fourth-order valence-corrected chi connectivity index (χ4v) is 6.19. The van der Waals surface area contributed by atoms with Crippen LogP contribution in [0.2, 0.25) is 0 Å². The van der Waals surface area contributed by atoms with Gasteiger partial charge in [-0.2, -0.15) is 0 Å². The zero-order valence-electron chi connectivity index (χ0n) is 11.1. The van der Waals surface area contributed by atoms with E-state index in [0.29, 0.717) is 11.8 Å². The van der Waals surface area contributed by atoms with Crippen LogP contribution in [0.25, 0.3) is 0 Å². The molecule has 0 N–H and O–H groups in total. The second kappa shape index (κ2) is 2.67. The molecular weight excluding hydrogens is 240 g/mol. The summed E-state index contributed by atoms with van der Waals surface area (Å²) < 4.78 is 10.3. The predicted octanol–water partition coefficient (Wildman–Crippen LogP) is 2.00. The van der Waals surface area contributed by atoms with Crippen molar-refractivity contribution in [3.63, 3.8) is 0 Å². The number of hydrogen-bond acceptors (Lipinski definition) is 3. The van der Waals surface area contributed by atoms with Crippen LogP contribution in [0.5, 0.6) is 5.75 Å². The van der Waals surface area contributed by atoms with E-state index in [2.05, 4.69) is 12.1 Å². The lowest BCUT2D eigenvalue weighted by atomic mass is 9.68. The molecule has 0 spiro atoms. The minimum atomic E-state index is -0.147. The van der Waals surface area contributed by atoms with Crippen molar-refractivity contribution < 1.29 is 14.3 Å². The summed E-state index contributed by atoms with van der Waals surface area (Å²) in [7, 11) is 3.21. The monoisotopic (exact) mass is 256 g/mol. The Morgan fingerprint density at radius 2 is 1.89 bits per heavy atom. The number of ether oxygens (including phenoxy) is 2. The van der Waals surface area contributed by atoms with Gasteiger partial charge in [0, 0.05) is 5.41 Å². The summed E-state index contributed by atoms with van der Waals surface area (Å²) >= 11 is 0. The maximum atomic E-state index is 12.3. The topological polar surface area (TPSA) is 35.5 Å². The minimum Gasteiger partial charge on any atom is -0.497 e. The van der Waals surface area contributed by atoms with Gasteiger partial charge in [0.2, 0.25) is 0 Å². The molecule has 0 aliphatic heterocycles. The minimum absolute atomic E-state index is 0.0366. The molecule has 1 aromatic carbocycles. The summed E-state index contributed by atoms with van der Waals surface area (Å²) in [5.74, 6) is 3.64. The van der Waals surface area contributed by atoms with E-state index < -0.39 is 0 Å². The third-order valence-corrected chi connectivity index (χ3v) is 6.54. The van der Waals surface area contributed by atoms with Gasteiger partial charge < -0.3 is 9.47 Å². The van der Waals surface area contributed by atoms with Crippen LogP contribution >= 0.6 is 0 Å². The van der Waals surface area contributed by atoms with Crippen LogP contribution in [0.3, 0.4) is 0 Å². The van der Waals surface area contributed by atoms with Crippen molar-refractivity contribution in [3.05, 3.63) is 29.8 Å². The van der Waals surface area contributed by atoms with E-state index >= 15 is 0 Å². The molecule has 0 amide bonds. The van der Waals surface area contributed by atoms with Gasteiger partial charge in [0.25, 0.3) is 0 Å². The molecule has 2 bridgehead atoms. The number of benzene rings is 1. The van der Waals surface area contributed by atoms with Crippen molar-refractivity contribution in [3.8, 4) is 5.75 Å². The predicted molar refractivity (Wildman–Crippen MR) is 67.7 cm³/mol. The van der Waals surface area contributed by atoms with E-state index in [1.165, 1.54) is 19.1 Å². The molecule has 6 unspecified atom stereocenters. The van der Waals surface area contributed by atoms with Gasteiger partial charge in [0.1, 0.15) is 5.75 Å². The van der Waals surface area contributed by atoms with Crippen LogP contribution in [-0.4, -0.2) is 20.2 Å². The summed E-state index contributed by atoms with van der Waals surface area (Å²) in [5, 5.41) is 0. The molecule has 5 aliphatic rings. The fraction of sp³-hybridized carbons (Fsp3) is 0.562. The maximum absolute atomic E-state index is 12.3. The molecule has 3 heteroatoms. The number of hydrogen-bond donors (Lipinski definition) is 0. The molecule has 6 atom stereocenters. The van der Waals surface area contributed by atoms with Gasteiger partial charge in [-0.05, 0) is 47.8 Å². The number of methoxy groups -OCH3 is 2. The summed E-state index contributed by atoms with van der Waals surface area (Å²) in [6.07, 6.45) is 1.23. The highest BCUT2D eigenvalue weighted by atomic mass is 16.5. The molecule has 0 aromatic heterocycles. The number of rotatable bonds is 3. The Kier molecular flexibility index (Phi) is 1.45. The highest BCUT2D eigenvalue weighted by Gasteiger charge is 3.07. The summed E-state index contributed by atoms with van der Waals surface area (Å²) in [6, 6.07) is 8.32. The molecule has 1 aromatic rings. The van der Waals surface area contributed by atoms with Crippen molar-refractivity contribution in [2.24, 2.45) is 29.1 Å². The van der Waals surface area contributed by atoms with Gasteiger partial charge in [0.05, 0.1) is 19.6 Å². The molecule has 6 rings (SSSR count). The van der Waals surface area contributed by atoms with Gasteiger partial charge in [-0.15, -0.1) is 0 Å². The van der Waals surface area contributed by atoms with Crippen LogP contribution in [0.15, 0.2) is 24.3 Å². The average Bonchev–Trinajstić information content (AvgIpc) is 3.09. The normalized spacial score (nSPS) is 50.0. The Balaban J connectivity index is 1.61. The molecular formula is C16H16O3. The third kappa shape index (κ3) is 0.717. The van der Waals surface area contributed by atoms with Crippen LogP contribution < -0.4 is 4.74 Å². The summed E-state index contributed by atoms with van der Waals surface area (Å²) in [5.41, 5.74) is 1.30. The number of carbonyl (C=O) groups excluding carboxylic acids is 1. The van der Waals surface area contributed by atoms with E-state index in [9.17, 15) is 4.79 Å².